The molecule has 0 radical (unpaired) electrons. The molecule has 0 bridgehead atoms. The third-order valence-corrected chi connectivity index (χ3v) is 4.52. The molecule has 4 rings (SSSR count). The number of nitrogens with zero attached hydrogens (tertiary/aromatic N) is 2. The molecule has 0 aliphatic carbocycles. The summed E-state index contributed by atoms with van der Waals surface area (Å²) in [7, 11) is 0. The van der Waals surface area contributed by atoms with Gasteiger partial charge in [0.2, 0.25) is 5.13 Å². The number of hydrogen-bond donors (Lipinski definition) is 1. The van der Waals surface area contributed by atoms with E-state index in [0.717, 1.165) is 15.8 Å². The standard InChI is InChI=1S/C19H13N3O2S/c23-18-15(10-14-8-4-5-9-16(14)24-18)17-12-20-19(25-17)22-21-11-13-6-2-1-3-7-13/h1-12H,(H,20,22)/b21-11-. The summed E-state index contributed by atoms with van der Waals surface area (Å²) in [6, 6.07) is 19.0. The van der Waals surface area contributed by atoms with Crippen LogP contribution in [0.25, 0.3) is 21.4 Å². The Balaban J connectivity index is 1.58. The maximum absolute atomic E-state index is 12.2. The van der Waals surface area contributed by atoms with Crippen molar-refractivity contribution in [3.8, 4) is 10.4 Å². The van der Waals surface area contributed by atoms with Gasteiger partial charge in [-0.05, 0) is 17.7 Å². The molecule has 0 aliphatic rings. The molecule has 2 heterocycles. The zero-order valence-corrected chi connectivity index (χ0v) is 13.9. The Morgan fingerprint density at radius 2 is 1.88 bits per heavy atom. The number of anilines is 1. The summed E-state index contributed by atoms with van der Waals surface area (Å²) in [6.45, 7) is 0. The van der Waals surface area contributed by atoms with Gasteiger partial charge >= 0.3 is 5.63 Å². The van der Waals surface area contributed by atoms with Gasteiger partial charge in [-0.1, -0.05) is 59.9 Å². The van der Waals surface area contributed by atoms with E-state index in [1.165, 1.54) is 11.3 Å². The topological polar surface area (TPSA) is 67.5 Å². The van der Waals surface area contributed by atoms with E-state index in [-0.39, 0.29) is 5.63 Å². The molecular formula is C19H13N3O2S. The molecule has 2 aromatic heterocycles. The van der Waals surface area contributed by atoms with Crippen molar-refractivity contribution < 1.29 is 4.42 Å². The Morgan fingerprint density at radius 1 is 1.08 bits per heavy atom. The van der Waals surface area contributed by atoms with Crippen molar-refractivity contribution in [2.45, 2.75) is 0 Å². The normalized spacial score (nSPS) is 11.2. The lowest BCUT2D eigenvalue weighted by Gasteiger charge is -1.99. The van der Waals surface area contributed by atoms with Crippen LogP contribution in [0.3, 0.4) is 0 Å². The Morgan fingerprint density at radius 3 is 2.76 bits per heavy atom. The highest BCUT2D eigenvalue weighted by Gasteiger charge is 2.11. The van der Waals surface area contributed by atoms with Crippen LogP contribution in [0.2, 0.25) is 0 Å². The van der Waals surface area contributed by atoms with E-state index in [4.69, 9.17) is 4.42 Å². The van der Waals surface area contributed by atoms with Gasteiger partial charge in [0.15, 0.2) is 0 Å². The molecule has 2 aromatic carbocycles. The van der Waals surface area contributed by atoms with E-state index < -0.39 is 0 Å². The number of benzene rings is 2. The van der Waals surface area contributed by atoms with Gasteiger partial charge in [-0.3, -0.25) is 5.43 Å². The van der Waals surface area contributed by atoms with Crippen molar-refractivity contribution >= 4 is 33.7 Å². The first-order valence-corrected chi connectivity index (χ1v) is 8.44. The molecule has 0 atom stereocenters. The van der Waals surface area contributed by atoms with Crippen LogP contribution >= 0.6 is 11.3 Å². The van der Waals surface area contributed by atoms with Crippen LogP contribution < -0.4 is 11.1 Å². The molecule has 0 saturated carbocycles. The molecular weight excluding hydrogens is 334 g/mol. The minimum absolute atomic E-state index is 0.373. The van der Waals surface area contributed by atoms with Crippen LogP contribution in [-0.4, -0.2) is 11.2 Å². The molecule has 5 nitrogen and oxygen atoms in total. The quantitative estimate of drug-likeness (QED) is 0.338. The molecule has 6 heteroatoms. The monoisotopic (exact) mass is 347 g/mol. The maximum atomic E-state index is 12.2. The number of para-hydroxylation sites is 1. The fourth-order valence-corrected chi connectivity index (χ4v) is 3.15. The molecule has 0 amide bonds. The van der Waals surface area contributed by atoms with Crippen LogP contribution in [0.5, 0.6) is 0 Å². The van der Waals surface area contributed by atoms with Crippen molar-refractivity contribution in [2.24, 2.45) is 5.10 Å². The Kier molecular flexibility index (Phi) is 4.10. The van der Waals surface area contributed by atoms with Gasteiger partial charge in [0.1, 0.15) is 5.58 Å². The largest absolute Gasteiger partial charge is 0.422 e. The van der Waals surface area contributed by atoms with E-state index in [1.54, 1.807) is 18.5 Å². The van der Waals surface area contributed by atoms with Gasteiger partial charge in [-0.2, -0.15) is 5.10 Å². The zero-order chi connectivity index (χ0) is 17.1. The van der Waals surface area contributed by atoms with Crippen molar-refractivity contribution in [3.63, 3.8) is 0 Å². The third kappa shape index (κ3) is 3.34. The second-order valence-corrected chi connectivity index (χ2v) is 6.33. The summed E-state index contributed by atoms with van der Waals surface area (Å²) < 4.78 is 5.37. The molecule has 0 spiro atoms. The first-order valence-electron chi connectivity index (χ1n) is 7.63. The van der Waals surface area contributed by atoms with Crippen molar-refractivity contribution in [2.75, 3.05) is 5.43 Å². The van der Waals surface area contributed by atoms with Gasteiger partial charge in [0.25, 0.3) is 0 Å². The van der Waals surface area contributed by atoms with Crippen molar-refractivity contribution in [1.29, 1.82) is 0 Å². The average molecular weight is 347 g/mol. The van der Waals surface area contributed by atoms with Gasteiger partial charge in [0, 0.05) is 11.6 Å². The SMILES string of the molecule is O=c1oc2ccccc2cc1-c1cnc(N/N=C\c2ccccc2)s1. The first kappa shape index (κ1) is 15.3. The highest BCUT2D eigenvalue weighted by molar-refractivity contribution is 7.18. The van der Waals surface area contributed by atoms with Crippen LogP contribution in [-0.2, 0) is 0 Å². The minimum atomic E-state index is -0.373. The van der Waals surface area contributed by atoms with Gasteiger partial charge in [-0.15, -0.1) is 0 Å². The van der Waals surface area contributed by atoms with Gasteiger partial charge in [-0.25, -0.2) is 9.78 Å². The number of nitrogens with one attached hydrogen (secondary N) is 1. The fourth-order valence-electron chi connectivity index (χ4n) is 2.39. The molecule has 0 aliphatic heterocycles. The van der Waals surface area contributed by atoms with Crippen molar-refractivity contribution in [1.82, 2.24) is 4.98 Å². The van der Waals surface area contributed by atoms with Gasteiger partial charge < -0.3 is 4.42 Å². The van der Waals surface area contributed by atoms with E-state index >= 15 is 0 Å². The van der Waals surface area contributed by atoms with Crippen LogP contribution in [0.15, 0.2) is 81.2 Å². The zero-order valence-electron chi connectivity index (χ0n) is 13.0. The number of aromatic nitrogens is 1. The molecule has 1 N–H and O–H groups in total. The van der Waals surface area contributed by atoms with E-state index in [2.05, 4.69) is 15.5 Å². The number of thiazole rings is 1. The molecule has 122 valence electrons. The Bertz CT molecular complexity index is 1100. The highest BCUT2D eigenvalue weighted by Crippen LogP contribution is 2.28. The molecule has 0 unspecified atom stereocenters. The smallest absolute Gasteiger partial charge is 0.345 e. The number of rotatable bonds is 4. The highest BCUT2D eigenvalue weighted by atomic mass is 32.1. The van der Waals surface area contributed by atoms with E-state index in [9.17, 15) is 4.79 Å². The summed E-state index contributed by atoms with van der Waals surface area (Å²) in [6.07, 6.45) is 3.36. The summed E-state index contributed by atoms with van der Waals surface area (Å²) in [5, 5.41) is 5.65. The van der Waals surface area contributed by atoms with Gasteiger partial charge in [0.05, 0.1) is 16.7 Å². The minimum Gasteiger partial charge on any atom is -0.422 e. The first-order chi connectivity index (χ1) is 12.3. The second-order valence-electron chi connectivity index (χ2n) is 5.30. The number of hydrogen-bond acceptors (Lipinski definition) is 6. The van der Waals surface area contributed by atoms with Crippen LogP contribution in [0, 0.1) is 0 Å². The van der Waals surface area contributed by atoms with E-state index in [0.29, 0.717) is 16.3 Å². The fraction of sp³-hybridized carbons (Fsp3) is 0. The van der Waals surface area contributed by atoms with Crippen molar-refractivity contribution in [3.05, 3.63) is 82.8 Å². The lowest BCUT2D eigenvalue weighted by Crippen LogP contribution is -2.01. The van der Waals surface area contributed by atoms with Crippen LogP contribution in [0.1, 0.15) is 5.56 Å². The molecule has 0 saturated heterocycles. The lowest BCUT2D eigenvalue weighted by molar-refractivity contribution is 0.563. The Hall–Kier alpha value is -3.25. The maximum Gasteiger partial charge on any atom is 0.345 e. The summed E-state index contributed by atoms with van der Waals surface area (Å²) in [4.78, 5) is 17.2. The Labute approximate surface area is 147 Å². The molecule has 4 aromatic rings. The summed E-state index contributed by atoms with van der Waals surface area (Å²) in [5.74, 6) is 0. The van der Waals surface area contributed by atoms with E-state index in [1.807, 2.05) is 54.6 Å². The average Bonchev–Trinajstić information content (AvgIpc) is 3.11. The predicted octanol–water partition coefficient (Wildman–Crippen LogP) is 4.36. The predicted molar refractivity (Wildman–Crippen MR) is 101 cm³/mol. The van der Waals surface area contributed by atoms with Crippen LogP contribution in [0.4, 0.5) is 5.13 Å². The second kappa shape index (κ2) is 6.70. The number of fused-ring (bicyclic) bond motifs is 1. The summed E-state index contributed by atoms with van der Waals surface area (Å²) in [5.41, 5.74) is 4.57. The summed E-state index contributed by atoms with van der Waals surface area (Å²) >= 11 is 1.35. The molecule has 0 fully saturated rings. The lowest BCUT2D eigenvalue weighted by atomic mass is 10.2. The number of hydrazone groups is 1. The molecule has 25 heavy (non-hydrogen) atoms. The third-order valence-electron chi connectivity index (χ3n) is 3.59.